The Bertz CT molecular complexity index is 1180. The number of hydrogen-bond donors (Lipinski definition) is 2. The van der Waals surface area contributed by atoms with Crippen LogP contribution in [-0.2, 0) is 20.7 Å². The van der Waals surface area contributed by atoms with Crippen LogP contribution in [0.15, 0.2) is 48.5 Å². The van der Waals surface area contributed by atoms with Crippen LogP contribution in [0.1, 0.15) is 72.6 Å². The first-order valence-electron chi connectivity index (χ1n) is 14.5. The second-order valence-electron chi connectivity index (χ2n) is 12.0. The number of para-hydroxylation sites is 1. The van der Waals surface area contributed by atoms with Gasteiger partial charge in [-0.1, -0.05) is 24.3 Å². The van der Waals surface area contributed by atoms with Crippen molar-refractivity contribution >= 4 is 17.9 Å². The Kier molecular flexibility index (Phi) is 10.8. The third-order valence-corrected chi connectivity index (χ3v) is 6.95. The molecule has 1 aliphatic heterocycles. The maximum absolute atomic E-state index is 13.7. The fourth-order valence-electron chi connectivity index (χ4n) is 5.12. The van der Waals surface area contributed by atoms with Gasteiger partial charge < -0.3 is 25.0 Å². The number of nitrogens with zero attached hydrogens (tertiary/aromatic N) is 2. The lowest BCUT2D eigenvalue weighted by Crippen LogP contribution is -2.54. The molecule has 9 nitrogen and oxygen atoms in total. The SMILES string of the molecule is CC(NC(=O)OC(C)(C)C)C(=O)N1CCc2cc(Oc3ccccc3)ccc2C1C(=O)NCCN(C(C)C)C(C)C. The van der Waals surface area contributed by atoms with Crippen LogP contribution in [0.2, 0.25) is 0 Å². The highest BCUT2D eigenvalue weighted by molar-refractivity contribution is 5.92. The van der Waals surface area contributed by atoms with Crippen LogP contribution in [0.25, 0.3) is 0 Å². The highest BCUT2D eigenvalue weighted by Gasteiger charge is 2.38. The van der Waals surface area contributed by atoms with Gasteiger partial charge in [0.1, 0.15) is 29.2 Å². The van der Waals surface area contributed by atoms with E-state index in [0.717, 1.165) is 16.9 Å². The van der Waals surface area contributed by atoms with Crippen LogP contribution in [0.3, 0.4) is 0 Å². The zero-order chi connectivity index (χ0) is 30.3. The number of amides is 3. The molecule has 2 atom stereocenters. The van der Waals surface area contributed by atoms with Gasteiger partial charge in [0.15, 0.2) is 0 Å². The van der Waals surface area contributed by atoms with Crippen LogP contribution in [0.4, 0.5) is 4.79 Å². The Hall–Kier alpha value is -3.59. The average Bonchev–Trinajstić information content (AvgIpc) is 2.88. The summed E-state index contributed by atoms with van der Waals surface area (Å²) in [6.07, 6.45) is -0.133. The molecule has 0 spiro atoms. The van der Waals surface area contributed by atoms with Crippen molar-refractivity contribution in [2.75, 3.05) is 19.6 Å². The van der Waals surface area contributed by atoms with Gasteiger partial charge in [-0.3, -0.25) is 14.5 Å². The van der Waals surface area contributed by atoms with Crippen molar-refractivity contribution in [3.63, 3.8) is 0 Å². The highest BCUT2D eigenvalue weighted by atomic mass is 16.6. The molecule has 2 aromatic carbocycles. The van der Waals surface area contributed by atoms with Gasteiger partial charge in [-0.25, -0.2) is 4.79 Å². The lowest BCUT2D eigenvalue weighted by atomic mass is 9.91. The summed E-state index contributed by atoms with van der Waals surface area (Å²) >= 11 is 0. The van der Waals surface area contributed by atoms with Gasteiger partial charge in [0, 0.05) is 31.7 Å². The van der Waals surface area contributed by atoms with Crippen LogP contribution in [0, 0.1) is 0 Å². The number of rotatable bonds is 10. The maximum Gasteiger partial charge on any atom is 0.408 e. The lowest BCUT2D eigenvalue weighted by Gasteiger charge is -2.38. The topological polar surface area (TPSA) is 100 Å². The van der Waals surface area contributed by atoms with Gasteiger partial charge in [-0.15, -0.1) is 0 Å². The molecule has 0 fully saturated rings. The van der Waals surface area contributed by atoms with E-state index < -0.39 is 23.8 Å². The molecule has 224 valence electrons. The van der Waals surface area contributed by atoms with Crippen molar-refractivity contribution < 1.29 is 23.9 Å². The number of fused-ring (bicyclic) bond motifs is 1. The van der Waals surface area contributed by atoms with Gasteiger partial charge >= 0.3 is 6.09 Å². The first kappa shape index (κ1) is 31.9. The lowest BCUT2D eigenvalue weighted by molar-refractivity contribution is -0.142. The number of alkyl carbamates (subject to hydrolysis) is 1. The summed E-state index contributed by atoms with van der Waals surface area (Å²) < 4.78 is 11.4. The van der Waals surface area contributed by atoms with E-state index in [0.29, 0.717) is 43.9 Å². The second-order valence-corrected chi connectivity index (χ2v) is 12.0. The number of hydrogen-bond acceptors (Lipinski definition) is 6. The third kappa shape index (κ3) is 8.95. The maximum atomic E-state index is 13.7. The van der Waals surface area contributed by atoms with E-state index in [1.807, 2.05) is 48.5 Å². The van der Waals surface area contributed by atoms with Gasteiger partial charge in [0.2, 0.25) is 11.8 Å². The molecule has 1 aliphatic rings. The molecule has 2 unspecified atom stereocenters. The van der Waals surface area contributed by atoms with E-state index >= 15 is 0 Å². The molecule has 0 bridgehead atoms. The molecule has 9 heteroatoms. The Balaban J connectivity index is 1.84. The van der Waals surface area contributed by atoms with Gasteiger partial charge in [-0.2, -0.15) is 0 Å². The Morgan fingerprint density at radius 2 is 1.63 bits per heavy atom. The van der Waals surface area contributed by atoms with E-state index in [4.69, 9.17) is 9.47 Å². The smallest absolute Gasteiger partial charge is 0.408 e. The minimum atomic E-state index is -0.875. The van der Waals surface area contributed by atoms with Crippen LogP contribution in [-0.4, -0.2) is 71.1 Å². The molecular weight excluding hydrogens is 520 g/mol. The molecule has 2 aromatic rings. The first-order valence-corrected chi connectivity index (χ1v) is 14.5. The molecule has 0 radical (unpaired) electrons. The monoisotopic (exact) mass is 566 g/mol. The molecule has 0 aromatic heterocycles. The molecule has 1 heterocycles. The van der Waals surface area contributed by atoms with Crippen LogP contribution >= 0.6 is 0 Å². The third-order valence-electron chi connectivity index (χ3n) is 6.95. The zero-order valence-electron chi connectivity index (χ0n) is 25.7. The minimum absolute atomic E-state index is 0.257. The van der Waals surface area contributed by atoms with Crippen molar-refractivity contribution in [3.05, 3.63) is 59.7 Å². The Morgan fingerprint density at radius 3 is 2.24 bits per heavy atom. The molecule has 3 rings (SSSR count). The number of benzene rings is 2. The summed E-state index contributed by atoms with van der Waals surface area (Å²) in [4.78, 5) is 43.6. The van der Waals surface area contributed by atoms with E-state index in [2.05, 4.69) is 43.2 Å². The number of ether oxygens (including phenoxy) is 2. The normalized spacial score (nSPS) is 15.9. The second kappa shape index (κ2) is 13.9. The Labute approximate surface area is 244 Å². The van der Waals surface area contributed by atoms with Gasteiger partial charge in [0.05, 0.1) is 0 Å². The molecule has 0 aliphatic carbocycles. The van der Waals surface area contributed by atoms with E-state index in [1.54, 1.807) is 32.6 Å². The van der Waals surface area contributed by atoms with Crippen molar-refractivity contribution in [1.29, 1.82) is 0 Å². The summed E-state index contributed by atoms with van der Waals surface area (Å²) in [5.41, 5.74) is 0.997. The van der Waals surface area contributed by atoms with Crippen LogP contribution < -0.4 is 15.4 Å². The van der Waals surface area contributed by atoms with E-state index in [1.165, 1.54) is 0 Å². The predicted molar refractivity (Wildman–Crippen MR) is 160 cm³/mol. The summed E-state index contributed by atoms with van der Waals surface area (Å²) in [5.74, 6) is 0.778. The van der Waals surface area contributed by atoms with Crippen LogP contribution in [0.5, 0.6) is 11.5 Å². The molecule has 41 heavy (non-hydrogen) atoms. The first-order chi connectivity index (χ1) is 19.3. The van der Waals surface area contributed by atoms with E-state index in [-0.39, 0.29) is 11.8 Å². The average molecular weight is 567 g/mol. The van der Waals surface area contributed by atoms with E-state index in [9.17, 15) is 14.4 Å². The van der Waals surface area contributed by atoms with Gasteiger partial charge in [0.25, 0.3) is 0 Å². The van der Waals surface area contributed by atoms with Gasteiger partial charge in [-0.05, 0) is 97.2 Å². The fraction of sp³-hybridized carbons (Fsp3) is 0.531. The van der Waals surface area contributed by atoms with Crippen molar-refractivity contribution in [3.8, 4) is 11.5 Å². The zero-order valence-corrected chi connectivity index (χ0v) is 25.7. The highest BCUT2D eigenvalue weighted by Crippen LogP contribution is 2.34. The van der Waals surface area contributed by atoms with Crippen molar-refractivity contribution in [2.24, 2.45) is 0 Å². The minimum Gasteiger partial charge on any atom is -0.457 e. The molecule has 3 amide bonds. The fourth-order valence-corrected chi connectivity index (χ4v) is 5.12. The number of carbonyl (C=O) groups is 3. The quantitative estimate of drug-likeness (QED) is 0.417. The summed E-state index contributed by atoms with van der Waals surface area (Å²) in [6, 6.07) is 14.1. The molecule has 2 N–H and O–H groups in total. The number of nitrogens with one attached hydrogen (secondary N) is 2. The predicted octanol–water partition coefficient (Wildman–Crippen LogP) is 5.05. The largest absolute Gasteiger partial charge is 0.457 e. The summed E-state index contributed by atoms with van der Waals surface area (Å²) in [6.45, 7) is 16.9. The summed E-state index contributed by atoms with van der Waals surface area (Å²) in [5, 5.41) is 5.69. The molecule has 0 saturated heterocycles. The molecule has 0 saturated carbocycles. The molecular formula is C32H46N4O5. The Morgan fingerprint density at radius 1 is 0.976 bits per heavy atom. The van der Waals surface area contributed by atoms with Crippen molar-refractivity contribution in [1.82, 2.24) is 20.4 Å². The summed E-state index contributed by atoms with van der Waals surface area (Å²) in [7, 11) is 0. The standard InChI is InChI=1S/C32H46N4O5/c1-21(2)35(22(3)4)19-17-33-29(37)28-27-15-14-26(40-25-12-10-9-11-13-25)20-24(27)16-18-36(28)30(38)23(5)34-31(39)41-32(6,7)8/h9-15,20-23,28H,16-19H2,1-8H3,(H,33,37)(H,34,39). The van der Waals surface area contributed by atoms with Crippen molar-refractivity contribution in [2.45, 2.75) is 91.6 Å². The number of carbonyl (C=O) groups excluding carboxylic acids is 3.